The van der Waals surface area contributed by atoms with Crippen molar-refractivity contribution in [2.75, 3.05) is 23.7 Å². The first-order valence-electron chi connectivity index (χ1n) is 11.4. The van der Waals surface area contributed by atoms with Gasteiger partial charge in [0, 0.05) is 26.1 Å². The summed E-state index contributed by atoms with van der Waals surface area (Å²) in [5.41, 5.74) is 0.555. The van der Waals surface area contributed by atoms with Gasteiger partial charge in [0.25, 0.3) is 0 Å². The quantitative estimate of drug-likeness (QED) is 0.473. The Bertz CT molecular complexity index is 1110. The highest BCUT2D eigenvalue weighted by molar-refractivity contribution is 7.92. The lowest BCUT2D eigenvalue weighted by atomic mass is 10.1. The van der Waals surface area contributed by atoms with Crippen LogP contribution in [0, 0.1) is 17.6 Å². The zero-order valence-corrected chi connectivity index (χ0v) is 21.3. The van der Waals surface area contributed by atoms with Crippen LogP contribution in [0.4, 0.5) is 14.5 Å². The third-order valence-electron chi connectivity index (χ3n) is 5.39. The Labute approximate surface area is 206 Å². The van der Waals surface area contributed by atoms with Gasteiger partial charge in [-0.3, -0.25) is 13.9 Å². The lowest BCUT2D eigenvalue weighted by Gasteiger charge is -2.29. The highest BCUT2D eigenvalue weighted by Gasteiger charge is 2.27. The molecule has 2 aromatic rings. The second-order valence-electron chi connectivity index (χ2n) is 8.85. The van der Waals surface area contributed by atoms with E-state index in [1.54, 1.807) is 6.92 Å². The van der Waals surface area contributed by atoms with E-state index in [1.807, 2.05) is 13.8 Å². The summed E-state index contributed by atoms with van der Waals surface area (Å²) in [6, 6.07) is 10.4. The number of nitrogens with zero attached hydrogens (tertiary/aromatic N) is 2. The summed E-state index contributed by atoms with van der Waals surface area (Å²) in [5, 5.41) is 2.81. The Morgan fingerprint density at radius 1 is 1.00 bits per heavy atom. The van der Waals surface area contributed by atoms with Gasteiger partial charge >= 0.3 is 0 Å². The van der Waals surface area contributed by atoms with Crippen LogP contribution >= 0.6 is 0 Å². The number of halogens is 2. The number of nitrogens with one attached hydrogen (secondary N) is 1. The molecule has 0 saturated heterocycles. The van der Waals surface area contributed by atoms with Crippen molar-refractivity contribution >= 4 is 27.5 Å². The number of sulfonamides is 1. The normalized spacial score (nSPS) is 12.3. The summed E-state index contributed by atoms with van der Waals surface area (Å²) in [7, 11) is -3.79. The van der Waals surface area contributed by atoms with Crippen LogP contribution in [0.5, 0.6) is 0 Å². The van der Waals surface area contributed by atoms with Crippen LogP contribution in [0.1, 0.15) is 39.2 Å². The standard InChI is InChI=1S/C25H33F2N3O4S/c1-18(2)16-28-25(32)19(3)29(17-20-11-13-21(26)14-12-20)24(31)10-7-15-30(35(4,33)34)23-9-6-5-8-22(23)27/h5-6,8-9,11-14,18-19H,7,10,15-17H2,1-4H3,(H,28,32). The van der Waals surface area contributed by atoms with Crippen molar-refractivity contribution in [2.24, 2.45) is 5.92 Å². The average Bonchev–Trinajstić information content (AvgIpc) is 2.79. The molecule has 2 aromatic carbocycles. The van der Waals surface area contributed by atoms with Gasteiger partial charge in [-0.2, -0.15) is 0 Å². The first-order valence-corrected chi connectivity index (χ1v) is 13.3. The van der Waals surface area contributed by atoms with Gasteiger partial charge in [-0.05, 0) is 49.1 Å². The lowest BCUT2D eigenvalue weighted by molar-refractivity contribution is -0.140. The van der Waals surface area contributed by atoms with Crippen molar-refractivity contribution in [3.05, 3.63) is 65.7 Å². The maximum Gasteiger partial charge on any atom is 0.242 e. The van der Waals surface area contributed by atoms with Gasteiger partial charge in [0.1, 0.15) is 17.7 Å². The van der Waals surface area contributed by atoms with Gasteiger partial charge in [0.2, 0.25) is 21.8 Å². The van der Waals surface area contributed by atoms with Crippen molar-refractivity contribution in [3.63, 3.8) is 0 Å². The first kappa shape index (κ1) is 28.2. The van der Waals surface area contributed by atoms with E-state index in [-0.39, 0.29) is 49.4 Å². The number of amides is 2. The van der Waals surface area contributed by atoms with Crippen LogP contribution in [-0.2, 0) is 26.2 Å². The molecule has 192 valence electrons. The highest BCUT2D eigenvalue weighted by Crippen LogP contribution is 2.22. The Morgan fingerprint density at radius 3 is 2.20 bits per heavy atom. The molecule has 7 nitrogen and oxygen atoms in total. The van der Waals surface area contributed by atoms with Crippen molar-refractivity contribution in [3.8, 4) is 0 Å². The molecule has 0 heterocycles. The number of para-hydroxylation sites is 1. The Kier molecular flexibility index (Phi) is 10.2. The van der Waals surface area contributed by atoms with E-state index in [4.69, 9.17) is 0 Å². The zero-order chi connectivity index (χ0) is 26.2. The Hall–Kier alpha value is -3.01. The second kappa shape index (κ2) is 12.6. The molecular weight excluding hydrogens is 476 g/mol. The average molecular weight is 510 g/mol. The molecule has 0 saturated carbocycles. The summed E-state index contributed by atoms with van der Waals surface area (Å²) in [6.07, 6.45) is 1.02. The van der Waals surface area contributed by atoms with Gasteiger partial charge in [-0.15, -0.1) is 0 Å². The minimum absolute atomic E-state index is 0.0660. The van der Waals surface area contributed by atoms with Crippen LogP contribution in [0.15, 0.2) is 48.5 Å². The van der Waals surface area contributed by atoms with E-state index in [0.29, 0.717) is 12.1 Å². The smallest absolute Gasteiger partial charge is 0.242 e. The monoisotopic (exact) mass is 509 g/mol. The number of hydrogen-bond donors (Lipinski definition) is 1. The van der Waals surface area contributed by atoms with Crippen molar-refractivity contribution in [1.82, 2.24) is 10.2 Å². The van der Waals surface area contributed by atoms with E-state index in [0.717, 1.165) is 10.6 Å². The summed E-state index contributed by atoms with van der Waals surface area (Å²) in [4.78, 5) is 27.2. The van der Waals surface area contributed by atoms with E-state index in [2.05, 4.69) is 5.32 Å². The highest BCUT2D eigenvalue weighted by atomic mass is 32.2. The fourth-order valence-electron chi connectivity index (χ4n) is 3.46. The summed E-state index contributed by atoms with van der Waals surface area (Å²) < 4.78 is 53.0. The van der Waals surface area contributed by atoms with Gasteiger partial charge in [-0.25, -0.2) is 17.2 Å². The first-order chi connectivity index (χ1) is 16.4. The topological polar surface area (TPSA) is 86.8 Å². The third kappa shape index (κ3) is 8.61. The number of benzene rings is 2. The molecule has 0 aliphatic rings. The predicted octanol–water partition coefficient (Wildman–Crippen LogP) is 3.70. The number of rotatable bonds is 12. The van der Waals surface area contributed by atoms with E-state index in [1.165, 1.54) is 53.4 Å². The Balaban J connectivity index is 2.16. The second-order valence-corrected chi connectivity index (χ2v) is 10.8. The SMILES string of the molecule is CC(C)CNC(=O)C(C)N(Cc1ccc(F)cc1)C(=O)CCCN(c1ccccc1F)S(C)(=O)=O. The molecule has 0 aliphatic heterocycles. The lowest BCUT2D eigenvalue weighted by Crippen LogP contribution is -2.48. The molecule has 0 radical (unpaired) electrons. The van der Waals surface area contributed by atoms with Crippen molar-refractivity contribution < 1.29 is 26.8 Å². The third-order valence-corrected chi connectivity index (χ3v) is 6.57. The van der Waals surface area contributed by atoms with Gasteiger partial charge in [0.05, 0.1) is 11.9 Å². The molecule has 0 spiro atoms. The van der Waals surface area contributed by atoms with E-state index >= 15 is 0 Å². The molecule has 0 aromatic heterocycles. The minimum Gasteiger partial charge on any atom is -0.354 e. The minimum atomic E-state index is -3.79. The molecule has 1 atom stereocenters. The molecule has 1 unspecified atom stereocenters. The van der Waals surface area contributed by atoms with Crippen LogP contribution in [0.2, 0.25) is 0 Å². The summed E-state index contributed by atoms with van der Waals surface area (Å²) >= 11 is 0. The molecule has 1 N–H and O–H groups in total. The van der Waals surface area contributed by atoms with Crippen LogP contribution in [0.25, 0.3) is 0 Å². The Morgan fingerprint density at radius 2 is 1.63 bits per heavy atom. The molecule has 35 heavy (non-hydrogen) atoms. The van der Waals surface area contributed by atoms with Crippen LogP contribution in [0.3, 0.4) is 0 Å². The van der Waals surface area contributed by atoms with Gasteiger partial charge < -0.3 is 10.2 Å². The molecule has 0 bridgehead atoms. The number of carbonyl (C=O) groups excluding carboxylic acids is 2. The van der Waals surface area contributed by atoms with Crippen LogP contribution in [-0.4, -0.2) is 50.5 Å². The number of carbonyl (C=O) groups is 2. The van der Waals surface area contributed by atoms with Crippen molar-refractivity contribution in [2.45, 2.75) is 46.2 Å². The summed E-state index contributed by atoms with van der Waals surface area (Å²) in [6.45, 7) is 5.94. The van der Waals surface area contributed by atoms with Gasteiger partial charge in [0.15, 0.2) is 0 Å². The predicted molar refractivity (Wildman–Crippen MR) is 132 cm³/mol. The molecule has 2 amide bonds. The molecule has 2 rings (SSSR count). The maximum atomic E-state index is 14.2. The number of anilines is 1. The molecule has 10 heteroatoms. The zero-order valence-electron chi connectivity index (χ0n) is 20.5. The molecular formula is C25H33F2N3O4S. The maximum absolute atomic E-state index is 14.2. The summed E-state index contributed by atoms with van der Waals surface area (Å²) in [5.74, 6) is -1.56. The van der Waals surface area contributed by atoms with Crippen molar-refractivity contribution in [1.29, 1.82) is 0 Å². The molecule has 0 aliphatic carbocycles. The fraction of sp³-hybridized carbons (Fsp3) is 0.440. The molecule has 0 fully saturated rings. The largest absolute Gasteiger partial charge is 0.354 e. The van der Waals surface area contributed by atoms with Gasteiger partial charge in [-0.1, -0.05) is 38.1 Å². The van der Waals surface area contributed by atoms with E-state index in [9.17, 15) is 26.8 Å². The van der Waals surface area contributed by atoms with E-state index < -0.39 is 27.7 Å². The fourth-order valence-corrected chi connectivity index (χ4v) is 4.42. The van der Waals surface area contributed by atoms with Crippen LogP contribution < -0.4 is 9.62 Å². The number of hydrogen-bond acceptors (Lipinski definition) is 4.